The molecule has 0 amide bonds. The SMILES string of the molecule is COc1ccc(CC(N)C2CC(C)CC(C)C2)cn1. The standard InChI is InChI=1S/C16H26N2O/c1-11-6-12(2)8-14(7-11)15(17)9-13-4-5-16(19-3)18-10-13/h4-5,10-12,14-15H,6-9,17H2,1-3H3. The van der Waals surface area contributed by atoms with Crippen LogP contribution in [0.15, 0.2) is 18.3 Å². The molecule has 0 saturated heterocycles. The van der Waals surface area contributed by atoms with Gasteiger partial charge < -0.3 is 10.5 Å². The molecule has 3 atom stereocenters. The Labute approximate surface area is 116 Å². The number of aromatic nitrogens is 1. The van der Waals surface area contributed by atoms with Crippen molar-refractivity contribution in [3.05, 3.63) is 23.9 Å². The highest BCUT2D eigenvalue weighted by molar-refractivity contribution is 5.18. The summed E-state index contributed by atoms with van der Waals surface area (Å²) in [5.74, 6) is 2.95. The number of ether oxygens (including phenoxy) is 1. The summed E-state index contributed by atoms with van der Waals surface area (Å²) in [6, 6.07) is 4.23. The zero-order valence-corrected chi connectivity index (χ0v) is 12.3. The average Bonchev–Trinajstić information content (AvgIpc) is 2.38. The lowest BCUT2D eigenvalue weighted by atomic mass is 9.73. The zero-order valence-electron chi connectivity index (χ0n) is 12.3. The topological polar surface area (TPSA) is 48.1 Å². The third kappa shape index (κ3) is 3.93. The molecule has 1 aromatic rings. The van der Waals surface area contributed by atoms with Gasteiger partial charge in [-0.2, -0.15) is 0 Å². The van der Waals surface area contributed by atoms with Gasteiger partial charge in [-0.15, -0.1) is 0 Å². The Hall–Kier alpha value is -1.09. The Kier molecular flexibility index (Phi) is 4.81. The quantitative estimate of drug-likeness (QED) is 0.907. The van der Waals surface area contributed by atoms with Crippen LogP contribution in [0.4, 0.5) is 0 Å². The molecule has 1 aliphatic carbocycles. The fraction of sp³-hybridized carbons (Fsp3) is 0.688. The van der Waals surface area contributed by atoms with E-state index in [9.17, 15) is 0 Å². The fourth-order valence-electron chi connectivity index (χ4n) is 3.45. The highest BCUT2D eigenvalue weighted by Gasteiger charge is 2.28. The molecule has 1 fully saturated rings. The van der Waals surface area contributed by atoms with Crippen LogP contribution in [-0.4, -0.2) is 18.1 Å². The van der Waals surface area contributed by atoms with E-state index < -0.39 is 0 Å². The van der Waals surface area contributed by atoms with Crippen molar-refractivity contribution < 1.29 is 4.74 Å². The zero-order chi connectivity index (χ0) is 13.8. The molecule has 19 heavy (non-hydrogen) atoms. The van der Waals surface area contributed by atoms with Crippen molar-refractivity contribution in [3.63, 3.8) is 0 Å². The summed E-state index contributed by atoms with van der Waals surface area (Å²) in [5.41, 5.74) is 7.62. The molecule has 0 spiro atoms. The van der Waals surface area contributed by atoms with Gasteiger partial charge >= 0.3 is 0 Å². The number of nitrogens with two attached hydrogens (primary N) is 1. The first-order valence-electron chi connectivity index (χ1n) is 7.33. The molecular weight excluding hydrogens is 236 g/mol. The maximum Gasteiger partial charge on any atom is 0.212 e. The van der Waals surface area contributed by atoms with Crippen LogP contribution in [0.5, 0.6) is 5.88 Å². The van der Waals surface area contributed by atoms with E-state index in [0.717, 1.165) is 18.3 Å². The highest BCUT2D eigenvalue weighted by atomic mass is 16.5. The van der Waals surface area contributed by atoms with E-state index in [0.29, 0.717) is 11.8 Å². The molecule has 0 radical (unpaired) electrons. The fourth-order valence-corrected chi connectivity index (χ4v) is 3.45. The van der Waals surface area contributed by atoms with Gasteiger partial charge in [0.1, 0.15) is 0 Å². The first-order valence-corrected chi connectivity index (χ1v) is 7.33. The Balaban J connectivity index is 1.93. The summed E-state index contributed by atoms with van der Waals surface area (Å²) >= 11 is 0. The molecule has 3 nitrogen and oxygen atoms in total. The second-order valence-corrected chi connectivity index (χ2v) is 6.25. The smallest absolute Gasteiger partial charge is 0.212 e. The summed E-state index contributed by atoms with van der Waals surface area (Å²) in [6.45, 7) is 4.70. The van der Waals surface area contributed by atoms with Crippen molar-refractivity contribution in [2.24, 2.45) is 23.5 Å². The van der Waals surface area contributed by atoms with Crippen LogP contribution in [-0.2, 0) is 6.42 Å². The molecule has 0 aliphatic heterocycles. The first kappa shape index (κ1) is 14.3. The van der Waals surface area contributed by atoms with Crippen molar-refractivity contribution in [2.75, 3.05) is 7.11 Å². The van der Waals surface area contributed by atoms with E-state index in [-0.39, 0.29) is 6.04 Å². The third-order valence-electron chi connectivity index (χ3n) is 4.30. The molecular formula is C16H26N2O. The van der Waals surface area contributed by atoms with E-state index in [1.165, 1.54) is 24.8 Å². The number of hydrogen-bond acceptors (Lipinski definition) is 3. The normalized spacial score (nSPS) is 28.9. The summed E-state index contributed by atoms with van der Waals surface area (Å²) < 4.78 is 5.08. The van der Waals surface area contributed by atoms with Gasteiger partial charge in [-0.05, 0) is 49.0 Å². The van der Waals surface area contributed by atoms with E-state index in [4.69, 9.17) is 10.5 Å². The summed E-state index contributed by atoms with van der Waals surface area (Å²) in [6.07, 6.45) is 6.70. The number of hydrogen-bond donors (Lipinski definition) is 1. The maximum atomic E-state index is 6.42. The van der Waals surface area contributed by atoms with E-state index in [2.05, 4.69) is 24.9 Å². The van der Waals surface area contributed by atoms with Gasteiger partial charge in [0.15, 0.2) is 0 Å². The summed E-state index contributed by atoms with van der Waals surface area (Å²) in [5, 5.41) is 0. The minimum Gasteiger partial charge on any atom is -0.481 e. The summed E-state index contributed by atoms with van der Waals surface area (Å²) in [4.78, 5) is 4.25. The average molecular weight is 262 g/mol. The Bertz CT molecular complexity index is 380. The second-order valence-electron chi connectivity index (χ2n) is 6.25. The molecule has 1 saturated carbocycles. The van der Waals surface area contributed by atoms with E-state index in [1.54, 1.807) is 7.11 Å². The Morgan fingerprint density at radius 3 is 2.47 bits per heavy atom. The minimum atomic E-state index is 0.250. The largest absolute Gasteiger partial charge is 0.481 e. The Morgan fingerprint density at radius 1 is 1.26 bits per heavy atom. The van der Waals surface area contributed by atoms with Gasteiger partial charge in [0.05, 0.1) is 7.11 Å². The van der Waals surface area contributed by atoms with Crippen LogP contribution in [0.2, 0.25) is 0 Å². The second kappa shape index (κ2) is 6.38. The predicted molar refractivity (Wildman–Crippen MR) is 78.1 cm³/mol. The minimum absolute atomic E-state index is 0.250. The van der Waals surface area contributed by atoms with Crippen molar-refractivity contribution >= 4 is 0 Å². The lowest BCUT2D eigenvalue weighted by Crippen LogP contribution is -2.37. The van der Waals surface area contributed by atoms with Gasteiger partial charge in [-0.25, -0.2) is 4.98 Å². The number of nitrogens with zero attached hydrogens (tertiary/aromatic N) is 1. The van der Waals surface area contributed by atoms with Crippen molar-refractivity contribution in [2.45, 2.75) is 45.6 Å². The van der Waals surface area contributed by atoms with Crippen molar-refractivity contribution in [3.8, 4) is 5.88 Å². The molecule has 1 heterocycles. The van der Waals surface area contributed by atoms with Gasteiger partial charge in [-0.1, -0.05) is 19.9 Å². The molecule has 2 N–H and O–H groups in total. The van der Waals surface area contributed by atoms with Gasteiger partial charge in [0, 0.05) is 18.3 Å². The third-order valence-corrected chi connectivity index (χ3v) is 4.30. The molecule has 1 aliphatic rings. The van der Waals surface area contributed by atoms with Crippen LogP contribution >= 0.6 is 0 Å². The molecule has 3 heteroatoms. The lowest BCUT2D eigenvalue weighted by Gasteiger charge is -2.35. The summed E-state index contributed by atoms with van der Waals surface area (Å²) in [7, 11) is 1.64. The monoisotopic (exact) mass is 262 g/mol. The lowest BCUT2D eigenvalue weighted by molar-refractivity contribution is 0.192. The number of pyridine rings is 1. The predicted octanol–water partition coefficient (Wildman–Crippen LogP) is 3.03. The van der Waals surface area contributed by atoms with Gasteiger partial charge in [0.25, 0.3) is 0 Å². The first-order chi connectivity index (χ1) is 9.08. The van der Waals surface area contributed by atoms with E-state index in [1.807, 2.05) is 12.3 Å². The molecule has 0 aromatic carbocycles. The van der Waals surface area contributed by atoms with Crippen LogP contribution in [0, 0.1) is 17.8 Å². The molecule has 106 valence electrons. The van der Waals surface area contributed by atoms with Crippen LogP contribution in [0.1, 0.15) is 38.7 Å². The van der Waals surface area contributed by atoms with Crippen LogP contribution in [0.25, 0.3) is 0 Å². The highest BCUT2D eigenvalue weighted by Crippen LogP contribution is 2.34. The molecule has 3 unspecified atom stereocenters. The van der Waals surface area contributed by atoms with Gasteiger partial charge in [0.2, 0.25) is 5.88 Å². The molecule has 1 aromatic heterocycles. The molecule has 0 bridgehead atoms. The van der Waals surface area contributed by atoms with Crippen molar-refractivity contribution in [1.29, 1.82) is 0 Å². The van der Waals surface area contributed by atoms with Crippen LogP contribution < -0.4 is 10.5 Å². The number of methoxy groups -OCH3 is 1. The van der Waals surface area contributed by atoms with Crippen LogP contribution in [0.3, 0.4) is 0 Å². The Morgan fingerprint density at radius 2 is 1.95 bits per heavy atom. The van der Waals surface area contributed by atoms with Gasteiger partial charge in [-0.3, -0.25) is 0 Å². The number of rotatable bonds is 4. The molecule has 2 rings (SSSR count). The maximum absolute atomic E-state index is 6.42. The van der Waals surface area contributed by atoms with E-state index >= 15 is 0 Å². The van der Waals surface area contributed by atoms with Crippen molar-refractivity contribution in [1.82, 2.24) is 4.98 Å².